The standard InChI is InChI=1S/C7H13NO/c1-7-4-8-2-5(7)6(7)3-9/h5-6,8-9H,2-4H2,1H3/t5?,6?,7-/m1/s1. The molecule has 52 valence electrons. The minimum atomic E-state index is 0.392. The summed E-state index contributed by atoms with van der Waals surface area (Å²) in [5.41, 5.74) is 0.467. The maximum atomic E-state index is 8.85. The third-order valence-electron chi connectivity index (χ3n) is 3.14. The first-order valence-electron chi connectivity index (χ1n) is 3.60. The molecule has 9 heavy (non-hydrogen) atoms. The van der Waals surface area contributed by atoms with Crippen LogP contribution >= 0.6 is 0 Å². The van der Waals surface area contributed by atoms with Crippen molar-refractivity contribution < 1.29 is 5.11 Å². The highest BCUT2D eigenvalue weighted by atomic mass is 16.3. The molecule has 0 aromatic carbocycles. The Morgan fingerprint density at radius 1 is 1.78 bits per heavy atom. The summed E-state index contributed by atoms with van der Waals surface area (Å²) in [6.45, 7) is 4.89. The Morgan fingerprint density at radius 3 is 2.89 bits per heavy atom. The van der Waals surface area contributed by atoms with Gasteiger partial charge >= 0.3 is 0 Å². The number of fused-ring (bicyclic) bond motifs is 1. The molecule has 0 aromatic heterocycles. The Morgan fingerprint density at radius 2 is 2.56 bits per heavy atom. The van der Waals surface area contributed by atoms with Gasteiger partial charge < -0.3 is 10.4 Å². The van der Waals surface area contributed by atoms with Gasteiger partial charge in [-0.05, 0) is 23.8 Å². The predicted molar refractivity (Wildman–Crippen MR) is 35.0 cm³/mol. The van der Waals surface area contributed by atoms with Crippen molar-refractivity contribution in [3.8, 4) is 0 Å². The van der Waals surface area contributed by atoms with E-state index in [4.69, 9.17) is 5.11 Å². The van der Waals surface area contributed by atoms with Gasteiger partial charge in [-0.3, -0.25) is 0 Å². The third kappa shape index (κ3) is 0.528. The highest BCUT2D eigenvalue weighted by molar-refractivity contribution is 5.13. The topological polar surface area (TPSA) is 32.3 Å². The lowest BCUT2D eigenvalue weighted by Gasteiger charge is -2.05. The summed E-state index contributed by atoms with van der Waals surface area (Å²) >= 11 is 0. The van der Waals surface area contributed by atoms with Crippen molar-refractivity contribution in [1.29, 1.82) is 0 Å². The first kappa shape index (κ1) is 5.69. The molecular formula is C7H13NO. The number of hydrogen-bond acceptors (Lipinski definition) is 2. The van der Waals surface area contributed by atoms with Crippen molar-refractivity contribution >= 4 is 0 Å². The first-order chi connectivity index (χ1) is 4.29. The van der Waals surface area contributed by atoms with Crippen molar-refractivity contribution in [2.45, 2.75) is 6.92 Å². The molecule has 2 rings (SSSR count). The molecule has 1 aliphatic heterocycles. The van der Waals surface area contributed by atoms with Gasteiger partial charge in [0, 0.05) is 13.2 Å². The molecule has 2 N–H and O–H groups in total. The molecule has 1 saturated heterocycles. The van der Waals surface area contributed by atoms with Gasteiger partial charge in [-0.25, -0.2) is 0 Å². The molecule has 0 bridgehead atoms. The maximum absolute atomic E-state index is 8.85. The fraction of sp³-hybridized carbons (Fsp3) is 1.00. The molecule has 0 aromatic rings. The summed E-state index contributed by atoms with van der Waals surface area (Å²) in [5, 5.41) is 12.2. The van der Waals surface area contributed by atoms with Crippen LogP contribution in [-0.2, 0) is 0 Å². The van der Waals surface area contributed by atoms with E-state index in [0.717, 1.165) is 19.0 Å². The Bertz CT molecular complexity index is 131. The second-order valence-corrected chi connectivity index (χ2v) is 3.53. The molecule has 2 nitrogen and oxygen atoms in total. The molecule has 1 saturated carbocycles. The molecule has 2 aliphatic rings. The summed E-state index contributed by atoms with van der Waals surface area (Å²) in [5.74, 6) is 1.39. The van der Waals surface area contributed by atoms with Crippen LogP contribution in [0.3, 0.4) is 0 Å². The summed E-state index contributed by atoms with van der Waals surface area (Å²) in [6.07, 6.45) is 0. The lowest BCUT2D eigenvalue weighted by atomic mass is 10.1. The summed E-state index contributed by atoms with van der Waals surface area (Å²) in [4.78, 5) is 0. The van der Waals surface area contributed by atoms with E-state index in [2.05, 4.69) is 12.2 Å². The van der Waals surface area contributed by atoms with Gasteiger partial charge in [0.15, 0.2) is 0 Å². The van der Waals surface area contributed by atoms with Crippen LogP contribution in [0.25, 0.3) is 0 Å². The van der Waals surface area contributed by atoms with Crippen molar-refractivity contribution in [2.75, 3.05) is 19.7 Å². The van der Waals surface area contributed by atoms with Crippen LogP contribution in [0.1, 0.15) is 6.92 Å². The molecule has 1 heterocycles. The van der Waals surface area contributed by atoms with Crippen LogP contribution in [0.2, 0.25) is 0 Å². The van der Waals surface area contributed by atoms with E-state index in [9.17, 15) is 0 Å². The number of piperidine rings is 1. The van der Waals surface area contributed by atoms with E-state index in [1.165, 1.54) is 0 Å². The number of aliphatic hydroxyl groups is 1. The number of aliphatic hydroxyl groups excluding tert-OH is 1. The molecule has 0 amide bonds. The SMILES string of the molecule is C[C@@]12CNCC1C2CO. The van der Waals surface area contributed by atoms with Crippen LogP contribution in [0.4, 0.5) is 0 Å². The molecule has 0 radical (unpaired) electrons. The zero-order chi connectivity index (χ0) is 6.48. The van der Waals surface area contributed by atoms with Gasteiger partial charge in [-0.1, -0.05) is 6.92 Å². The average molecular weight is 127 g/mol. The Hall–Kier alpha value is -0.0800. The second kappa shape index (κ2) is 1.50. The van der Waals surface area contributed by atoms with Gasteiger partial charge in [0.25, 0.3) is 0 Å². The first-order valence-corrected chi connectivity index (χ1v) is 3.60. The summed E-state index contributed by atoms with van der Waals surface area (Å²) < 4.78 is 0. The minimum absolute atomic E-state index is 0.392. The highest BCUT2D eigenvalue weighted by Crippen LogP contribution is 2.59. The number of rotatable bonds is 1. The Kier molecular flexibility index (Phi) is 0.945. The highest BCUT2D eigenvalue weighted by Gasteiger charge is 2.62. The molecule has 2 heteroatoms. The Balaban J connectivity index is 2.08. The smallest absolute Gasteiger partial charge is 0.0468 e. The largest absolute Gasteiger partial charge is 0.396 e. The maximum Gasteiger partial charge on any atom is 0.0468 e. The third-order valence-corrected chi connectivity index (χ3v) is 3.14. The van der Waals surface area contributed by atoms with Crippen molar-refractivity contribution in [3.05, 3.63) is 0 Å². The number of hydrogen-bond donors (Lipinski definition) is 2. The van der Waals surface area contributed by atoms with Crippen molar-refractivity contribution in [3.63, 3.8) is 0 Å². The van der Waals surface area contributed by atoms with Gasteiger partial charge in [-0.15, -0.1) is 0 Å². The molecule has 1 aliphatic carbocycles. The van der Waals surface area contributed by atoms with Gasteiger partial charge in [0.2, 0.25) is 0 Å². The van der Waals surface area contributed by atoms with Crippen LogP contribution in [-0.4, -0.2) is 24.8 Å². The van der Waals surface area contributed by atoms with E-state index < -0.39 is 0 Å². The van der Waals surface area contributed by atoms with Crippen molar-refractivity contribution in [2.24, 2.45) is 17.3 Å². The van der Waals surface area contributed by atoms with E-state index in [1.54, 1.807) is 0 Å². The zero-order valence-corrected chi connectivity index (χ0v) is 5.72. The predicted octanol–water partition coefficient (Wildman–Crippen LogP) is -0.166. The van der Waals surface area contributed by atoms with Crippen LogP contribution < -0.4 is 5.32 Å². The molecule has 0 spiro atoms. The lowest BCUT2D eigenvalue weighted by Crippen LogP contribution is -2.19. The van der Waals surface area contributed by atoms with E-state index >= 15 is 0 Å². The van der Waals surface area contributed by atoms with Gasteiger partial charge in [0.05, 0.1) is 0 Å². The summed E-state index contributed by atoms with van der Waals surface area (Å²) in [7, 11) is 0. The zero-order valence-electron chi connectivity index (χ0n) is 5.72. The summed E-state index contributed by atoms with van der Waals surface area (Å²) in [6, 6.07) is 0. The van der Waals surface area contributed by atoms with E-state index in [0.29, 0.717) is 17.9 Å². The average Bonchev–Trinajstić information content (AvgIpc) is 2.16. The fourth-order valence-corrected chi connectivity index (χ4v) is 2.23. The second-order valence-electron chi connectivity index (χ2n) is 3.53. The molecule has 3 atom stereocenters. The molecule has 2 fully saturated rings. The quantitative estimate of drug-likeness (QED) is 0.513. The van der Waals surface area contributed by atoms with E-state index in [-0.39, 0.29) is 0 Å². The van der Waals surface area contributed by atoms with Gasteiger partial charge in [0.1, 0.15) is 0 Å². The van der Waals surface area contributed by atoms with Crippen molar-refractivity contribution in [1.82, 2.24) is 5.32 Å². The van der Waals surface area contributed by atoms with Gasteiger partial charge in [-0.2, -0.15) is 0 Å². The minimum Gasteiger partial charge on any atom is -0.396 e. The number of nitrogens with one attached hydrogen (secondary N) is 1. The molecular weight excluding hydrogens is 114 g/mol. The normalized spacial score (nSPS) is 55.3. The fourth-order valence-electron chi connectivity index (χ4n) is 2.23. The van der Waals surface area contributed by atoms with Crippen LogP contribution in [0, 0.1) is 17.3 Å². The monoisotopic (exact) mass is 127 g/mol. The lowest BCUT2D eigenvalue weighted by molar-refractivity contribution is 0.245. The Labute approximate surface area is 55.3 Å². The van der Waals surface area contributed by atoms with Crippen LogP contribution in [0.5, 0.6) is 0 Å². The molecule has 2 unspecified atom stereocenters. The van der Waals surface area contributed by atoms with E-state index in [1.807, 2.05) is 0 Å². The van der Waals surface area contributed by atoms with Crippen LogP contribution in [0.15, 0.2) is 0 Å².